The number of ether oxygens (including phenoxy) is 2. The third-order valence-corrected chi connectivity index (χ3v) is 6.45. The second-order valence-electron chi connectivity index (χ2n) is 7.09. The van der Waals surface area contributed by atoms with Gasteiger partial charge in [0, 0.05) is 5.56 Å². The number of hydrogen-bond acceptors (Lipinski definition) is 7. The zero-order valence-corrected chi connectivity index (χ0v) is 17.1. The van der Waals surface area contributed by atoms with E-state index in [2.05, 4.69) is 10.3 Å². The maximum absolute atomic E-state index is 14.7. The summed E-state index contributed by atoms with van der Waals surface area (Å²) in [6.07, 6.45) is 2.40. The fraction of sp³-hybridized carbons (Fsp3) is 0.421. The van der Waals surface area contributed by atoms with Gasteiger partial charge in [0.2, 0.25) is 0 Å². The highest BCUT2D eigenvalue weighted by atomic mass is 32.2. The number of benzene rings is 1. The fourth-order valence-corrected chi connectivity index (χ4v) is 4.63. The summed E-state index contributed by atoms with van der Waals surface area (Å²) in [5.41, 5.74) is 1.39. The van der Waals surface area contributed by atoms with Gasteiger partial charge in [-0.15, -0.1) is 0 Å². The van der Waals surface area contributed by atoms with Crippen LogP contribution in [-0.2, 0) is 21.1 Å². The average molecular weight is 436 g/mol. The van der Waals surface area contributed by atoms with Crippen molar-refractivity contribution in [1.82, 2.24) is 15.0 Å². The minimum atomic E-state index is -3.09. The van der Waals surface area contributed by atoms with Crippen molar-refractivity contribution in [3.63, 3.8) is 0 Å². The van der Waals surface area contributed by atoms with E-state index in [1.54, 1.807) is 24.4 Å². The Morgan fingerprint density at radius 1 is 1.37 bits per heavy atom. The quantitative estimate of drug-likeness (QED) is 0.683. The van der Waals surface area contributed by atoms with Gasteiger partial charge < -0.3 is 9.47 Å². The summed E-state index contributed by atoms with van der Waals surface area (Å²) < 4.78 is 50.0. The van der Waals surface area contributed by atoms with E-state index in [0.717, 1.165) is 0 Å². The molecule has 0 aliphatic carbocycles. The summed E-state index contributed by atoms with van der Waals surface area (Å²) in [5, 5.41) is 7.79. The van der Waals surface area contributed by atoms with E-state index in [0.29, 0.717) is 35.9 Å². The van der Waals surface area contributed by atoms with Crippen LogP contribution in [0.4, 0.5) is 14.9 Å². The van der Waals surface area contributed by atoms with E-state index in [-0.39, 0.29) is 24.5 Å². The van der Waals surface area contributed by atoms with Gasteiger partial charge >= 0.3 is 6.09 Å². The number of carbonyl (C=O) groups excluding carboxylic acids is 1. The Balaban J connectivity index is 1.45. The topological polar surface area (TPSA) is 104 Å². The van der Waals surface area contributed by atoms with Crippen LogP contribution in [0.25, 0.3) is 5.57 Å². The maximum atomic E-state index is 14.7. The molecule has 1 aromatic heterocycles. The molecule has 160 valence electrons. The summed E-state index contributed by atoms with van der Waals surface area (Å²) >= 11 is 0. The van der Waals surface area contributed by atoms with Crippen LogP contribution in [-0.4, -0.2) is 60.3 Å². The standard InChI is InChI=1S/C19H21FN4O5S/c1-2-28-18-12-23(22-21-18)10-15-11-24(19(25)29-15)14-3-4-16(17(20)9-14)13-5-7-30(26,27)8-6-13/h3-5,9,12,15H,2,6-8,10-11H2,1H3. The molecule has 2 aliphatic rings. The van der Waals surface area contributed by atoms with Crippen LogP contribution in [0.3, 0.4) is 0 Å². The normalized spacial score (nSPS) is 20.7. The Morgan fingerprint density at radius 3 is 2.90 bits per heavy atom. The lowest BCUT2D eigenvalue weighted by Crippen LogP contribution is -2.26. The molecule has 1 saturated heterocycles. The predicted molar refractivity (Wildman–Crippen MR) is 106 cm³/mol. The number of hydrogen-bond donors (Lipinski definition) is 0. The number of allylic oxidation sites excluding steroid dienone is 1. The highest BCUT2D eigenvalue weighted by molar-refractivity contribution is 7.91. The molecule has 1 fully saturated rings. The van der Waals surface area contributed by atoms with Crippen molar-refractivity contribution in [2.24, 2.45) is 0 Å². The first-order chi connectivity index (χ1) is 14.3. The lowest BCUT2D eigenvalue weighted by Gasteiger charge is -2.17. The molecular formula is C19H21FN4O5S. The molecule has 1 amide bonds. The largest absolute Gasteiger partial charge is 0.476 e. The molecule has 0 radical (unpaired) electrons. The molecule has 0 bridgehead atoms. The number of nitrogens with zero attached hydrogens (tertiary/aromatic N) is 4. The van der Waals surface area contributed by atoms with Crippen molar-refractivity contribution in [3.8, 4) is 5.88 Å². The van der Waals surface area contributed by atoms with Crippen molar-refractivity contribution in [2.45, 2.75) is 26.0 Å². The average Bonchev–Trinajstić information content (AvgIpc) is 3.29. The molecule has 0 saturated carbocycles. The third kappa shape index (κ3) is 4.30. The van der Waals surface area contributed by atoms with Gasteiger partial charge in [0.15, 0.2) is 9.84 Å². The molecule has 4 rings (SSSR count). The third-order valence-electron chi connectivity index (χ3n) is 4.95. The van der Waals surface area contributed by atoms with Crippen LogP contribution in [0.5, 0.6) is 5.88 Å². The van der Waals surface area contributed by atoms with Crippen molar-refractivity contribution >= 4 is 27.2 Å². The van der Waals surface area contributed by atoms with Gasteiger partial charge in [0.1, 0.15) is 11.9 Å². The van der Waals surface area contributed by atoms with Crippen molar-refractivity contribution in [2.75, 3.05) is 29.6 Å². The predicted octanol–water partition coefficient (Wildman–Crippen LogP) is 2.04. The zero-order chi connectivity index (χ0) is 21.3. The monoisotopic (exact) mass is 436 g/mol. The van der Waals surface area contributed by atoms with E-state index in [1.165, 1.54) is 15.6 Å². The van der Waals surface area contributed by atoms with Gasteiger partial charge in [0.05, 0.1) is 43.1 Å². The first kappa shape index (κ1) is 20.3. The number of halogens is 1. The Labute approximate surface area is 173 Å². The number of cyclic esters (lactones) is 1. The smallest absolute Gasteiger partial charge is 0.414 e. The highest BCUT2D eigenvalue weighted by Crippen LogP contribution is 2.30. The van der Waals surface area contributed by atoms with Crippen LogP contribution in [0.15, 0.2) is 30.5 Å². The van der Waals surface area contributed by atoms with Crippen molar-refractivity contribution in [3.05, 3.63) is 41.9 Å². The second kappa shape index (κ2) is 8.05. The summed E-state index contributed by atoms with van der Waals surface area (Å²) in [4.78, 5) is 13.6. The van der Waals surface area contributed by atoms with Gasteiger partial charge in [0.25, 0.3) is 5.88 Å². The summed E-state index contributed by atoms with van der Waals surface area (Å²) in [7, 11) is -3.09. The summed E-state index contributed by atoms with van der Waals surface area (Å²) in [6.45, 7) is 2.85. The summed E-state index contributed by atoms with van der Waals surface area (Å²) in [6, 6.07) is 4.47. The van der Waals surface area contributed by atoms with Crippen LogP contribution in [0, 0.1) is 5.82 Å². The SMILES string of the molecule is CCOc1cn(CC2CN(c3ccc(C4=CCS(=O)(=O)CC4)c(F)c3)C(=O)O2)nn1. The van der Waals surface area contributed by atoms with Crippen LogP contribution >= 0.6 is 0 Å². The zero-order valence-electron chi connectivity index (χ0n) is 16.3. The van der Waals surface area contributed by atoms with E-state index in [1.807, 2.05) is 6.92 Å². The molecular weight excluding hydrogens is 415 g/mol. The second-order valence-corrected chi connectivity index (χ2v) is 9.31. The molecule has 1 aromatic carbocycles. The molecule has 1 unspecified atom stereocenters. The van der Waals surface area contributed by atoms with Gasteiger partial charge in [-0.2, -0.15) is 0 Å². The number of carbonyl (C=O) groups is 1. The number of sulfone groups is 1. The molecule has 2 aromatic rings. The molecule has 2 aliphatic heterocycles. The van der Waals surface area contributed by atoms with Crippen LogP contribution in [0.1, 0.15) is 18.9 Å². The van der Waals surface area contributed by atoms with E-state index >= 15 is 0 Å². The first-order valence-corrected chi connectivity index (χ1v) is 11.4. The Kier molecular flexibility index (Phi) is 5.46. The first-order valence-electron chi connectivity index (χ1n) is 9.55. The number of rotatable bonds is 6. The Morgan fingerprint density at radius 2 is 2.20 bits per heavy atom. The molecule has 0 N–H and O–H groups in total. The van der Waals surface area contributed by atoms with Crippen LogP contribution < -0.4 is 9.64 Å². The maximum Gasteiger partial charge on any atom is 0.414 e. The Hall–Kier alpha value is -2.95. The molecule has 3 heterocycles. The minimum Gasteiger partial charge on any atom is -0.476 e. The van der Waals surface area contributed by atoms with Crippen LogP contribution in [0.2, 0.25) is 0 Å². The number of anilines is 1. The lowest BCUT2D eigenvalue weighted by atomic mass is 10.0. The minimum absolute atomic E-state index is 0.00739. The van der Waals surface area contributed by atoms with Gasteiger partial charge in [-0.3, -0.25) is 4.90 Å². The van der Waals surface area contributed by atoms with Crippen molar-refractivity contribution < 1.29 is 27.1 Å². The molecule has 30 heavy (non-hydrogen) atoms. The lowest BCUT2D eigenvalue weighted by molar-refractivity contribution is 0.129. The molecule has 0 spiro atoms. The number of amides is 1. The van der Waals surface area contributed by atoms with E-state index < -0.39 is 27.9 Å². The van der Waals surface area contributed by atoms with Gasteiger partial charge in [-0.05, 0) is 37.1 Å². The summed E-state index contributed by atoms with van der Waals surface area (Å²) in [5.74, 6) is -0.196. The molecule has 1 atom stereocenters. The highest BCUT2D eigenvalue weighted by Gasteiger charge is 2.33. The van der Waals surface area contributed by atoms with Gasteiger partial charge in [-0.25, -0.2) is 22.3 Å². The van der Waals surface area contributed by atoms with Gasteiger partial charge in [-0.1, -0.05) is 16.4 Å². The van der Waals surface area contributed by atoms with E-state index in [9.17, 15) is 17.6 Å². The fourth-order valence-electron chi connectivity index (χ4n) is 3.48. The molecule has 9 nitrogen and oxygen atoms in total. The Bertz CT molecular complexity index is 1100. The van der Waals surface area contributed by atoms with E-state index in [4.69, 9.17) is 9.47 Å². The molecule has 11 heteroatoms. The van der Waals surface area contributed by atoms with Crippen molar-refractivity contribution in [1.29, 1.82) is 0 Å². The number of aromatic nitrogens is 3.